The van der Waals surface area contributed by atoms with Crippen molar-refractivity contribution >= 4 is 18.3 Å². The molecule has 6 heteroatoms. The molecule has 2 N–H and O–H groups in total. The van der Waals surface area contributed by atoms with Crippen LogP contribution in [0.25, 0.3) is 0 Å². The standard InChI is InChI=1S/C17H26N2O3.ClH/c1-12-6-7-19(14(8-12)11-18)17(20)10-13-9-15(21-2)4-5-16(13)22-3;/h4-5,9,12,14H,6-8,10-11,18H2,1-3H3;1H. The molecule has 1 saturated heterocycles. The van der Waals surface area contributed by atoms with E-state index in [4.69, 9.17) is 15.2 Å². The highest BCUT2D eigenvalue weighted by Crippen LogP contribution is 2.27. The van der Waals surface area contributed by atoms with Crippen molar-refractivity contribution in [2.24, 2.45) is 11.7 Å². The number of piperidine rings is 1. The predicted molar refractivity (Wildman–Crippen MR) is 93.5 cm³/mol. The predicted octanol–water partition coefficient (Wildman–Crippen LogP) is 2.25. The first-order chi connectivity index (χ1) is 10.6. The average molecular weight is 343 g/mol. The summed E-state index contributed by atoms with van der Waals surface area (Å²) >= 11 is 0. The number of nitrogens with zero attached hydrogens (tertiary/aromatic N) is 1. The summed E-state index contributed by atoms with van der Waals surface area (Å²) in [7, 11) is 3.23. The van der Waals surface area contributed by atoms with E-state index in [0.29, 0.717) is 24.6 Å². The molecule has 0 spiro atoms. The molecule has 5 nitrogen and oxygen atoms in total. The van der Waals surface area contributed by atoms with Gasteiger partial charge in [0.25, 0.3) is 0 Å². The van der Waals surface area contributed by atoms with Gasteiger partial charge in [0.1, 0.15) is 11.5 Å². The Morgan fingerprint density at radius 3 is 2.70 bits per heavy atom. The molecular formula is C17H27ClN2O3. The summed E-state index contributed by atoms with van der Waals surface area (Å²) in [4.78, 5) is 14.6. The van der Waals surface area contributed by atoms with Gasteiger partial charge < -0.3 is 20.1 Å². The van der Waals surface area contributed by atoms with Crippen LogP contribution in [0.5, 0.6) is 11.5 Å². The van der Waals surface area contributed by atoms with Crippen LogP contribution in [0.15, 0.2) is 18.2 Å². The second kappa shape index (κ2) is 8.99. The van der Waals surface area contributed by atoms with Crippen LogP contribution in [0.4, 0.5) is 0 Å². The van der Waals surface area contributed by atoms with Crippen molar-refractivity contribution < 1.29 is 14.3 Å². The van der Waals surface area contributed by atoms with Crippen LogP contribution in [-0.2, 0) is 11.2 Å². The largest absolute Gasteiger partial charge is 0.497 e. The number of hydrogen-bond donors (Lipinski definition) is 1. The molecule has 130 valence electrons. The van der Waals surface area contributed by atoms with Crippen LogP contribution in [-0.4, -0.2) is 44.2 Å². The number of methoxy groups -OCH3 is 2. The zero-order valence-corrected chi connectivity index (χ0v) is 14.9. The quantitative estimate of drug-likeness (QED) is 0.891. The van der Waals surface area contributed by atoms with Crippen molar-refractivity contribution in [2.45, 2.75) is 32.2 Å². The Morgan fingerprint density at radius 1 is 1.35 bits per heavy atom. The highest BCUT2D eigenvalue weighted by atomic mass is 35.5. The Kier molecular flexibility index (Phi) is 7.65. The van der Waals surface area contributed by atoms with E-state index >= 15 is 0 Å². The number of carbonyl (C=O) groups is 1. The molecule has 0 radical (unpaired) electrons. The molecule has 2 atom stereocenters. The van der Waals surface area contributed by atoms with Gasteiger partial charge in [-0.3, -0.25) is 4.79 Å². The molecule has 1 aliphatic rings. The van der Waals surface area contributed by atoms with Crippen molar-refractivity contribution in [3.8, 4) is 11.5 Å². The third-order valence-electron chi connectivity index (χ3n) is 4.40. The summed E-state index contributed by atoms with van der Waals surface area (Å²) in [5.74, 6) is 2.17. The molecule has 1 aromatic carbocycles. The van der Waals surface area contributed by atoms with E-state index in [1.807, 2.05) is 23.1 Å². The number of carbonyl (C=O) groups excluding carboxylic acids is 1. The molecule has 1 heterocycles. The first kappa shape index (κ1) is 19.6. The van der Waals surface area contributed by atoms with Crippen molar-refractivity contribution in [1.82, 2.24) is 4.90 Å². The van der Waals surface area contributed by atoms with Crippen molar-refractivity contribution in [3.63, 3.8) is 0 Å². The zero-order chi connectivity index (χ0) is 16.1. The van der Waals surface area contributed by atoms with E-state index in [1.54, 1.807) is 14.2 Å². The molecular weight excluding hydrogens is 316 g/mol. The van der Waals surface area contributed by atoms with Gasteiger partial charge >= 0.3 is 0 Å². The van der Waals surface area contributed by atoms with Crippen molar-refractivity contribution in [2.75, 3.05) is 27.3 Å². The molecule has 0 bridgehead atoms. The topological polar surface area (TPSA) is 64.8 Å². The fourth-order valence-electron chi connectivity index (χ4n) is 3.09. The summed E-state index contributed by atoms with van der Waals surface area (Å²) in [6, 6.07) is 5.67. The Hall–Kier alpha value is -1.46. The Morgan fingerprint density at radius 2 is 2.09 bits per heavy atom. The SMILES string of the molecule is COc1ccc(OC)c(CC(=O)N2CCC(C)CC2CN)c1.Cl. The molecule has 23 heavy (non-hydrogen) atoms. The summed E-state index contributed by atoms with van der Waals surface area (Å²) in [5.41, 5.74) is 6.70. The van der Waals surface area contributed by atoms with E-state index in [1.165, 1.54) is 0 Å². The normalized spacial score (nSPS) is 20.6. The molecule has 1 aliphatic heterocycles. The number of benzene rings is 1. The fraction of sp³-hybridized carbons (Fsp3) is 0.588. The number of amides is 1. The van der Waals surface area contributed by atoms with Gasteiger partial charge in [-0.25, -0.2) is 0 Å². The summed E-state index contributed by atoms with van der Waals surface area (Å²) in [6.07, 6.45) is 2.33. The number of halogens is 1. The number of hydrogen-bond acceptors (Lipinski definition) is 4. The molecule has 1 fully saturated rings. The maximum Gasteiger partial charge on any atom is 0.227 e. The smallest absolute Gasteiger partial charge is 0.227 e. The Balaban J connectivity index is 0.00000264. The molecule has 2 unspecified atom stereocenters. The highest BCUT2D eigenvalue weighted by molar-refractivity contribution is 5.85. The van der Waals surface area contributed by atoms with Crippen LogP contribution < -0.4 is 15.2 Å². The highest BCUT2D eigenvalue weighted by Gasteiger charge is 2.29. The van der Waals surface area contributed by atoms with E-state index < -0.39 is 0 Å². The lowest BCUT2D eigenvalue weighted by atomic mass is 9.92. The van der Waals surface area contributed by atoms with Crippen molar-refractivity contribution in [1.29, 1.82) is 0 Å². The minimum absolute atomic E-state index is 0. The van der Waals surface area contributed by atoms with E-state index in [-0.39, 0.29) is 24.4 Å². The lowest BCUT2D eigenvalue weighted by molar-refractivity contribution is -0.134. The monoisotopic (exact) mass is 342 g/mol. The van der Waals surface area contributed by atoms with Gasteiger partial charge in [-0.1, -0.05) is 6.92 Å². The molecule has 2 rings (SSSR count). The second-order valence-corrected chi connectivity index (χ2v) is 5.96. The first-order valence-electron chi connectivity index (χ1n) is 7.79. The van der Waals surface area contributed by atoms with E-state index in [0.717, 1.165) is 30.7 Å². The van der Waals surface area contributed by atoms with Gasteiger partial charge in [-0.2, -0.15) is 0 Å². The van der Waals surface area contributed by atoms with Gasteiger partial charge in [0.15, 0.2) is 0 Å². The van der Waals surface area contributed by atoms with Crippen molar-refractivity contribution in [3.05, 3.63) is 23.8 Å². The van der Waals surface area contributed by atoms with Crippen LogP contribution in [0, 0.1) is 5.92 Å². The molecule has 0 aliphatic carbocycles. The van der Waals surface area contributed by atoms with Gasteiger partial charge in [0, 0.05) is 24.7 Å². The summed E-state index contributed by atoms with van der Waals surface area (Å²) in [5, 5.41) is 0. The molecule has 0 aromatic heterocycles. The average Bonchev–Trinajstić information content (AvgIpc) is 2.54. The van der Waals surface area contributed by atoms with Gasteiger partial charge in [-0.15, -0.1) is 12.4 Å². The summed E-state index contributed by atoms with van der Waals surface area (Å²) < 4.78 is 10.6. The maximum absolute atomic E-state index is 12.7. The lowest BCUT2D eigenvalue weighted by Gasteiger charge is -2.38. The van der Waals surface area contributed by atoms with E-state index in [9.17, 15) is 4.79 Å². The first-order valence-corrected chi connectivity index (χ1v) is 7.79. The third kappa shape index (κ3) is 4.75. The van der Waals surface area contributed by atoms with Gasteiger partial charge in [-0.05, 0) is 37.0 Å². The lowest BCUT2D eigenvalue weighted by Crippen LogP contribution is -2.49. The van der Waals surface area contributed by atoms with Gasteiger partial charge in [0.05, 0.1) is 20.6 Å². The van der Waals surface area contributed by atoms with Crippen LogP contribution in [0.2, 0.25) is 0 Å². The Labute approximate surface area is 144 Å². The number of likely N-dealkylation sites (tertiary alicyclic amines) is 1. The zero-order valence-electron chi connectivity index (χ0n) is 14.1. The maximum atomic E-state index is 12.7. The number of rotatable bonds is 5. The third-order valence-corrected chi connectivity index (χ3v) is 4.40. The van der Waals surface area contributed by atoms with Crippen LogP contribution in [0.1, 0.15) is 25.3 Å². The molecule has 0 saturated carbocycles. The second-order valence-electron chi connectivity index (χ2n) is 5.96. The summed E-state index contributed by atoms with van der Waals surface area (Å²) in [6.45, 7) is 3.52. The van der Waals surface area contributed by atoms with Crippen LogP contribution in [0.3, 0.4) is 0 Å². The Bertz CT molecular complexity index is 525. The minimum Gasteiger partial charge on any atom is -0.497 e. The minimum atomic E-state index is 0. The fourth-order valence-corrected chi connectivity index (χ4v) is 3.09. The molecule has 1 amide bonds. The number of nitrogens with two attached hydrogens (primary N) is 1. The van der Waals surface area contributed by atoms with Crippen LogP contribution >= 0.6 is 12.4 Å². The molecule has 1 aromatic rings. The number of ether oxygens (including phenoxy) is 2. The van der Waals surface area contributed by atoms with Gasteiger partial charge in [0.2, 0.25) is 5.91 Å². The van der Waals surface area contributed by atoms with E-state index in [2.05, 4.69) is 6.92 Å².